The molecule has 2 heterocycles. The summed E-state index contributed by atoms with van der Waals surface area (Å²) in [4.78, 5) is 52.4. The van der Waals surface area contributed by atoms with Crippen LogP contribution in [0.1, 0.15) is 40.0 Å². The van der Waals surface area contributed by atoms with Gasteiger partial charge in [-0.3, -0.25) is 24.1 Å². The van der Waals surface area contributed by atoms with Gasteiger partial charge in [0.1, 0.15) is 12.3 Å². The van der Waals surface area contributed by atoms with Gasteiger partial charge in [0.05, 0.1) is 24.2 Å². The highest BCUT2D eigenvalue weighted by atomic mass is 16.5. The number of nitrogens with one attached hydrogen (secondary N) is 1. The van der Waals surface area contributed by atoms with Gasteiger partial charge < -0.3 is 15.0 Å². The second kappa shape index (κ2) is 9.64. The third kappa shape index (κ3) is 4.80. The molecule has 4 rings (SSSR count). The number of rotatable bonds is 7. The minimum absolute atomic E-state index is 0.0248. The summed E-state index contributed by atoms with van der Waals surface area (Å²) in [7, 11) is 0. The van der Waals surface area contributed by atoms with Crippen LogP contribution in [0.15, 0.2) is 54.6 Å². The molecule has 0 bridgehead atoms. The molecule has 0 saturated carbocycles. The number of carbonyl (C=O) groups excluding carboxylic acids is 4. The first kappa shape index (κ1) is 21.5. The van der Waals surface area contributed by atoms with E-state index < -0.39 is 11.8 Å². The van der Waals surface area contributed by atoms with E-state index in [9.17, 15) is 19.2 Å². The first-order chi connectivity index (χ1) is 15.5. The Kier molecular flexibility index (Phi) is 6.49. The summed E-state index contributed by atoms with van der Waals surface area (Å²) in [6.45, 7) is 1.10. The van der Waals surface area contributed by atoms with E-state index in [1.165, 1.54) is 0 Å². The van der Waals surface area contributed by atoms with Crippen molar-refractivity contribution >= 4 is 23.6 Å². The smallest absolute Gasteiger partial charge is 0.262 e. The van der Waals surface area contributed by atoms with Gasteiger partial charge in [0.15, 0.2) is 0 Å². The van der Waals surface area contributed by atoms with E-state index >= 15 is 0 Å². The highest BCUT2D eigenvalue weighted by molar-refractivity contribution is 6.22. The molecule has 1 N–H and O–H groups in total. The van der Waals surface area contributed by atoms with E-state index in [-0.39, 0.29) is 24.4 Å². The highest BCUT2D eigenvalue weighted by Gasteiger charge is 2.36. The first-order valence-electron chi connectivity index (χ1n) is 10.7. The van der Waals surface area contributed by atoms with Gasteiger partial charge in [-0.1, -0.05) is 30.3 Å². The summed E-state index contributed by atoms with van der Waals surface area (Å²) in [5.41, 5.74) is 0.654. The van der Waals surface area contributed by atoms with Crippen molar-refractivity contribution in [2.45, 2.75) is 25.3 Å². The summed E-state index contributed by atoms with van der Waals surface area (Å²) < 4.78 is 5.58. The van der Waals surface area contributed by atoms with Gasteiger partial charge in [0.2, 0.25) is 11.8 Å². The lowest BCUT2D eigenvalue weighted by Gasteiger charge is -2.32. The second-order valence-electron chi connectivity index (χ2n) is 7.88. The van der Waals surface area contributed by atoms with Crippen LogP contribution in [-0.2, 0) is 9.59 Å². The van der Waals surface area contributed by atoms with Gasteiger partial charge in [-0.15, -0.1) is 0 Å². The number of piperidine rings is 1. The zero-order chi connectivity index (χ0) is 22.5. The predicted octanol–water partition coefficient (Wildman–Crippen LogP) is 1.86. The molecule has 2 aliphatic heterocycles. The lowest BCUT2D eigenvalue weighted by Crippen LogP contribution is -2.49. The summed E-state index contributed by atoms with van der Waals surface area (Å²) in [6, 6.07) is 15.8. The molecule has 1 saturated heterocycles. The minimum Gasteiger partial charge on any atom is -0.493 e. The maximum Gasteiger partial charge on any atom is 0.262 e. The van der Waals surface area contributed by atoms with Gasteiger partial charge in [0, 0.05) is 19.1 Å². The Morgan fingerprint density at radius 1 is 0.906 bits per heavy atom. The molecule has 166 valence electrons. The summed E-state index contributed by atoms with van der Waals surface area (Å²) >= 11 is 0. The number of imide groups is 1. The summed E-state index contributed by atoms with van der Waals surface area (Å²) in [6.07, 6.45) is 1.55. The number of benzene rings is 2. The largest absolute Gasteiger partial charge is 0.493 e. The van der Waals surface area contributed by atoms with E-state index in [0.717, 1.165) is 10.6 Å². The van der Waals surface area contributed by atoms with Crippen molar-refractivity contribution in [2.24, 2.45) is 0 Å². The van der Waals surface area contributed by atoms with Crippen LogP contribution in [0, 0.1) is 0 Å². The molecule has 0 unspecified atom stereocenters. The predicted molar refractivity (Wildman–Crippen MR) is 116 cm³/mol. The monoisotopic (exact) mass is 435 g/mol. The van der Waals surface area contributed by atoms with Crippen LogP contribution in [0.25, 0.3) is 0 Å². The zero-order valence-corrected chi connectivity index (χ0v) is 17.7. The van der Waals surface area contributed by atoms with Gasteiger partial charge in [0.25, 0.3) is 11.8 Å². The van der Waals surface area contributed by atoms with Crippen LogP contribution >= 0.6 is 0 Å². The van der Waals surface area contributed by atoms with Gasteiger partial charge in [-0.05, 0) is 37.1 Å². The van der Waals surface area contributed by atoms with E-state index in [1.807, 2.05) is 30.3 Å². The number of hydrogen-bond donors (Lipinski definition) is 1. The van der Waals surface area contributed by atoms with Gasteiger partial charge in [-0.2, -0.15) is 0 Å². The Morgan fingerprint density at radius 3 is 2.12 bits per heavy atom. The molecule has 0 aromatic heterocycles. The SMILES string of the molecule is O=C(CN1C(=O)c2ccccc2C1=O)NC1CCN(C(=O)CCOc2ccccc2)CC1. The Bertz CT molecular complexity index is 980. The molecule has 32 heavy (non-hydrogen) atoms. The van der Waals surface area contributed by atoms with E-state index in [0.29, 0.717) is 50.1 Å². The topological polar surface area (TPSA) is 96.0 Å². The molecule has 1 fully saturated rings. The number of carbonyl (C=O) groups is 4. The first-order valence-corrected chi connectivity index (χ1v) is 10.7. The molecule has 0 atom stereocenters. The van der Waals surface area contributed by atoms with Crippen molar-refractivity contribution in [3.8, 4) is 5.75 Å². The van der Waals surface area contributed by atoms with Crippen molar-refractivity contribution in [2.75, 3.05) is 26.2 Å². The lowest BCUT2D eigenvalue weighted by molar-refractivity contribution is -0.133. The normalized spacial score (nSPS) is 16.1. The number of fused-ring (bicyclic) bond motifs is 1. The molecule has 2 aromatic rings. The van der Waals surface area contributed by atoms with Gasteiger partial charge in [-0.25, -0.2) is 0 Å². The molecule has 8 heteroatoms. The molecule has 0 radical (unpaired) electrons. The molecule has 2 aliphatic rings. The van der Waals surface area contributed by atoms with Crippen molar-refractivity contribution in [1.82, 2.24) is 15.1 Å². The Balaban J connectivity index is 1.19. The van der Waals surface area contributed by atoms with Crippen LogP contribution in [-0.4, -0.2) is 65.7 Å². The third-order valence-electron chi connectivity index (χ3n) is 5.72. The molecule has 0 spiro atoms. The standard InChI is InChI=1S/C24H25N3O5/c28-21(16-27-23(30)19-8-4-5-9-20(19)24(27)31)25-17-10-13-26(14-11-17)22(29)12-15-32-18-6-2-1-3-7-18/h1-9,17H,10-16H2,(H,25,28). The van der Waals surface area contributed by atoms with E-state index in [4.69, 9.17) is 4.74 Å². The van der Waals surface area contributed by atoms with E-state index in [2.05, 4.69) is 5.32 Å². The number of hydrogen-bond acceptors (Lipinski definition) is 5. The highest BCUT2D eigenvalue weighted by Crippen LogP contribution is 2.22. The maximum atomic E-state index is 12.4. The molecular formula is C24H25N3O5. The zero-order valence-electron chi connectivity index (χ0n) is 17.7. The average Bonchev–Trinajstić information content (AvgIpc) is 3.05. The Labute approximate surface area is 186 Å². The van der Waals surface area contributed by atoms with Crippen molar-refractivity contribution in [3.63, 3.8) is 0 Å². The van der Waals surface area contributed by atoms with Crippen molar-refractivity contribution in [1.29, 1.82) is 0 Å². The third-order valence-corrected chi connectivity index (χ3v) is 5.72. The van der Waals surface area contributed by atoms with Crippen LogP contribution in [0.3, 0.4) is 0 Å². The molecule has 2 aromatic carbocycles. The fourth-order valence-electron chi connectivity index (χ4n) is 4.00. The summed E-state index contributed by atoms with van der Waals surface area (Å²) in [5.74, 6) is -0.505. The second-order valence-corrected chi connectivity index (χ2v) is 7.88. The maximum absolute atomic E-state index is 12.4. The summed E-state index contributed by atoms with van der Waals surface area (Å²) in [5, 5.41) is 2.89. The fraction of sp³-hybridized carbons (Fsp3) is 0.333. The lowest BCUT2D eigenvalue weighted by atomic mass is 10.0. The molecular weight excluding hydrogens is 410 g/mol. The van der Waals surface area contributed by atoms with E-state index in [1.54, 1.807) is 29.2 Å². The van der Waals surface area contributed by atoms with Gasteiger partial charge >= 0.3 is 0 Å². The number of para-hydroxylation sites is 1. The number of likely N-dealkylation sites (tertiary alicyclic amines) is 1. The quantitative estimate of drug-likeness (QED) is 0.670. The average molecular weight is 435 g/mol. The molecule has 8 nitrogen and oxygen atoms in total. The van der Waals surface area contributed by atoms with Crippen LogP contribution in [0.2, 0.25) is 0 Å². The number of nitrogens with zero attached hydrogens (tertiary/aromatic N) is 2. The number of amides is 4. The minimum atomic E-state index is -0.445. The van der Waals surface area contributed by atoms with Crippen LogP contribution in [0.5, 0.6) is 5.75 Å². The Morgan fingerprint density at radius 2 is 1.50 bits per heavy atom. The number of ether oxygens (including phenoxy) is 1. The fourth-order valence-corrected chi connectivity index (χ4v) is 4.00. The Hall–Kier alpha value is -3.68. The van der Waals surface area contributed by atoms with Crippen molar-refractivity contribution in [3.05, 3.63) is 65.7 Å². The van der Waals surface area contributed by atoms with Crippen molar-refractivity contribution < 1.29 is 23.9 Å². The van der Waals surface area contributed by atoms with Crippen LogP contribution < -0.4 is 10.1 Å². The molecule has 4 amide bonds. The molecule has 0 aliphatic carbocycles. The van der Waals surface area contributed by atoms with Crippen LogP contribution in [0.4, 0.5) is 0 Å².